The van der Waals surface area contributed by atoms with E-state index in [9.17, 15) is 14.4 Å². The zero-order valence-corrected chi connectivity index (χ0v) is 49.7. The van der Waals surface area contributed by atoms with Crippen molar-refractivity contribution in [2.45, 2.75) is 271 Å². The largest absolute Gasteiger partial charge is 0.462 e. The fourth-order valence-corrected chi connectivity index (χ4v) is 8.21. The second-order valence-electron chi connectivity index (χ2n) is 20.2. The van der Waals surface area contributed by atoms with E-state index in [4.69, 9.17) is 14.2 Å². The van der Waals surface area contributed by atoms with Crippen LogP contribution in [0.25, 0.3) is 0 Å². The molecule has 1 unspecified atom stereocenters. The Kier molecular flexibility index (Phi) is 59.9. The highest BCUT2D eigenvalue weighted by Crippen LogP contribution is 2.14. The first-order valence-electron chi connectivity index (χ1n) is 31.3. The lowest BCUT2D eigenvalue weighted by atomic mass is 10.1. The van der Waals surface area contributed by atoms with Crippen LogP contribution in [0.5, 0.6) is 0 Å². The van der Waals surface area contributed by atoms with E-state index in [2.05, 4.69) is 167 Å². The molecule has 0 saturated carbocycles. The number of hydrogen-bond donors (Lipinski definition) is 0. The van der Waals surface area contributed by atoms with Crippen molar-refractivity contribution in [1.82, 2.24) is 0 Å². The summed E-state index contributed by atoms with van der Waals surface area (Å²) in [4.78, 5) is 38.0. The predicted octanol–water partition coefficient (Wildman–Crippen LogP) is 21.5. The first-order chi connectivity index (χ1) is 38.0. The lowest BCUT2D eigenvalue weighted by Crippen LogP contribution is -2.30. The molecule has 0 amide bonds. The molecule has 0 rings (SSSR count). The van der Waals surface area contributed by atoms with Crippen molar-refractivity contribution in [2.75, 3.05) is 13.2 Å². The van der Waals surface area contributed by atoms with Crippen LogP contribution in [0.4, 0.5) is 0 Å². The van der Waals surface area contributed by atoms with E-state index in [0.717, 1.165) is 154 Å². The van der Waals surface area contributed by atoms with Crippen LogP contribution >= 0.6 is 0 Å². The Morgan fingerprint density at radius 2 is 0.506 bits per heavy atom. The molecular weight excluding hydrogens is 949 g/mol. The van der Waals surface area contributed by atoms with E-state index in [1.165, 1.54) is 70.6 Å². The summed E-state index contributed by atoms with van der Waals surface area (Å²) in [5.41, 5.74) is 0. The van der Waals surface area contributed by atoms with Crippen LogP contribution < -0.4 is 0 Å². The molecule has 0 aromatic rings. The Bertz CT molecular complexity index is 1700. The minimum absolute atomic E-state index is 0.0897. The molecule has 0 heterocycles. The summed E-state index contributed by atoms with van der Waals surface area (Å²) < 4.78 is 16.8. The Morgan fingerprint density at radius 3 is 0.792 bits per heavy atom. The third-order valence-electron chi connectivity index (χ3n) is 12.8. The first-order valence-corrected chi connectivity index (χ1v) is 31.3. The van der Waals surface area contributed by atoms with Crippen molar-refractivity contribution in [3.05, 3.63) is 146 Å². The van der Waals surface area contributed by atoms with Gasteiger partial charge in [0.2, 0.25) is 0 Å². The van der Waals surface area contributed by atoms with Gasteiger partial charge < -0.3 is 14.2 Å². The van der Waals surface area contributed by atoms with Gasteiger partial charge in [0.05, 0.1) is 0 Å². The highest BCUT2D eigenvalue weighted by Gasteiger charge is 2.19. The molecular formula is C71H114O6. The molecule has 434 valence electrons. The molecule has 0 bridgehead atoms. The molecule has 0 N–H and O–H groups in total. The van der Waals surface area contributed by atoms with Gasteiger partial charge in [0.1, 0.15) is 13.2 Å². The van der Waals surface area contributed by atoms with Gasteiger partial charge in [-0.1, -0.05) is 269 Å². The molecule has 0 aliphatic carbocycles. The highest BCUT2D eigenvalue weighted by molar-refractivity contribution is 5.71. The van der Waals surface area contributed by atoms with E-state index in [1.807, 2.05) is 0 Å². The third-order valence-corrected chi connectivity index (χ3v) is 12.8. The Balaban J connectivity index is 4.19. The third kappa shape index (κ3) is 62.0. The fourth-order valence-electron chi connectivity index (χ4n) is 8.21. The average Bonchev–Trinajstić information content (AvgIpc) is 3.43. The second kappa shape index (κ2) is 63.8. The van der Waals surface area contributed by atoms with Crippen molar-refractivity contribution in [2.24, 2.45) is 0 Å². The highest BCUT2D eigenvalue weighted by atomic mass is 16.6. The number of hydrogen-bond acceptors (Lipinski definition) is 6. The molecule has 0 aromatic heterocycles. The van der Waals surface area contributed by atoms with Gasteiger partial charge in [0.25, 0.3) is 0 Å². The van der Waals surface area contributed by atoms with Crippen LogP contribution in [0.15, 0.2) is 146 Å². The maximum absolute atomic E-state index is 12.8. The van der Waals surface area contributed by atoms with E-state index in [0.29, 0.717) is 19.3 Å². The number of esters is 3. The monoisotopic (exact) mass is 1060 g/mol. The standard InChI is InChI=1S/C71H114O6/c1-4-7-10-13-16-18-20-22-24-26-28-29-30-31-32-33-34-35-36-37-38-39-40-41-43-44-46-48-50-52-55-58-61-64-70(73)76-67-68(66-75-69(72)63-60-57-54-15-12-9-6-3)77-71(74)65-62-59-56-53-51-49-47-45-42-27-25-23-21-19-17-14-11-8-5-2/h7-8,10-11,16-19,22-25,28-29,31-32,34-35,37-38,40-42,45,68H,4-6,9,12-15,20-21,26-27,30,33,36,39,43-44,46-67H2,1-3H3/b10-7-,11-8-,18-16-,19-17-,24-22-,25-23-,29-28-,32-31-,35-34-,38-37-,41-40-,45-42-. The van der Waals surface area contributed by atoms with Crippen molar-refractivity contribution < 1.29 is 28.6 Å². The van der Waals surface area contributed by atoms with Gasteiger partial charge in [-0.25, -0.2) is 0 Å². The Morgan fingerprint density at radius 1 is 0.273 bits per heavy atom. The quantitative estimate of drug-likeness (QED) is 0.0261. The Labute approximate surface area is 474 Å². The van der Waals surface area contributed by atoms with Crippen LogP contribution in [0, 0.1) is 0 Å². The number of unbranched alkanes of at least 4 members (excludes halogenated alkanes) is 20. The zero-order chi connectivity index (χ0) is 55.7. The molecule has 0 spiro atoms. The number of allylic oxidation sites excluding steroid dienone is 24. The predicted molar refractivity (Wildman–Crippen MR) is 334 cm³/mol. The lowest BCUT2D eigenvalue weighted by Gasteiger charge is -2.18. The molecule has 0 aliphatic rings. The smallest absolute Gasteiger partial charge is 0.306 e. The summed E-state index contributed by atoms with van der Waals surface area (Å²) in [7, 11) is 0. The topological polar surface area (TPSA) is 78.9 Å². The van der Waals surface area contributed by atoms with Crippen LogP contribution in [0.2, 0.25) is 0 Å². The second-order valence-corrected chi connectivity index (χ2v) is 20.2. The van der Waals surface area contributed by atoms with Crippen molar-refractivity contribution in [1.29, 1.82) is 0 Å². The SMILES string of the molecule is CC/C=C\C/C=C\C/C=C\C/C=C\C/C=C\C/C=C\C/C=C\C/C=C\CCCCCCCCCCC(=O)OCC(COC(=O)CCCCCCCCC)OC(=O)CCCCCCCC/C=C\C/C=C\C/C=C\C/C=C\CC. The maximum Gasteiger partial charge on any atom is 0.306 e. The fraction of sp³-hybridized carbons (Fsp3) is 0.620. The van der Waals surface area contributed by atoms with Crippen LogP contribution in [0.1, 0.15) is 265 Å². The summed E-state index contributed by atoms with van der Waals surface area (Å²) in [5, 5.41) is 0. The average molecular weight is 1060 g/mol. The summed E-state index contributed by atoms with van der Waals surface area (Å²) in [6, 6.07) is 0. The maximum atomic E-state index is 12.8. The molecule has 0 aliphatic heterocycles. The Hall–Kier alpha value is -4.71. The van der Waals surface area contributed by atoms with E-state index >= 15 is 0 Å². The van der Waals surface area contributed by atoms with E-state index in [1.54, 1.807) is 0 Å². The molecule has 0 saturated heterocycles. The zero-order valence-electron chi connectivity index (χ0n) is 49.7. The number of carbonyl (C=O) groups excluding carboxylic acids is 3. The van der Waals surface area contributed by atoms with Crippen LogP contribution in [-0.2, 0) is 28.6 Å². The number of rotatable bonds is 55. The van der Waals surface area contributed by atoms with Gasteiger partial charge in [-0.3, -0.25) is 14.4 Å². The van der Waals surface area contributed by atoms with Gasteiger partial charge in [-0.15, -0.1) is 0 Å². The lowest BCUT2D eigenvalue weighted by molar-refractivity contribution is -0.167. The van der Waals surface area contributed by atoms with Gasteiger partial charge in [0.15, 0.2) is 6.10 Å². The summed E-state index contributed by atoms with van der Waals surface area (Å²) in [6.45, 7) is 6.35. The van der Waals surface area contributed by atoms with E-state index < -0.39 is 6.10 Å². The molecule has 1 atom stereocenters. The first kappa shape index (κ1) is 72.3. The van der Waals surface area contributed by atoms with Crippen LogP contribution in [-0.4, -0.2) is 37.2 Å². The summed E-state index contributed by atoms with van der Waals surface area (Å²) in [6.07, 6.45) is 91.6. The van der Waals surface area contributed by atoms with Crippen molar-refractivity contribution in [3.8, 4) is 0 Å². The molecule has 6 nitrogen and oxygen atoms in total. The van der Waals surface area contributed by atoms with Gasteiger partial charge in [0, 0.05) is 19.3 Å². The normalized spacial score (nSPS) is 13.1. The minimum atomic E-state index is -0.792. The number of carbonyl (C=O) groups is 3. The molecule has 0 fully saturated rings. The summed E-state index contributed by atoms with van der Waals surface area (Å²) >= 11 is 0. The summed E-state index contributed by atoms with van der Waals surface area (Å²) in [5.74, 6) is -0.922. The van der Waals surface area contributed by atoms with Crippen molar-refractivity contribution in [3.63, 3.8) is 0 Å². The van der Waals surface area contributed by atoms with Gasteiger partial charge >= 0.3 is 17.9 Å². The van der Waals surface area contributed by atoms with Crippen LogP contribution in [0.3, 0.4) is 0 Å². The molecule has 0 aromatic carbocycles. The molecule has 6 heteroatoms. The van der Waals surface area contributed by atoms with E-state index in [-0.39, 0.29) is 31.1 Å². The minimum Gasteiger partial charge on any atom is -0.462 e. The van der Waals surface area contributed by atoms with Gasteiger partial charge in [-0.2, -0.15) is 0 Å². The van der Waals surface area contributed by atoms with Gasteiger partial charge in [-0.05, 0) is 122 Å². The number of ether oxygens (including phenoxy) is 3. The molecule has 0 radical (unpaired) electrons. The molecule has 77 heavy (non-hydrogen) atoms. The van der Waals surface area contributed by atoms with Crippen molar-refractivity contribution >= 4 is 17.9 Å².